The van der Waals surface area contributed by atoms with Crippen molar-refractivity contribution < 1.29 is 14.3 Å². The van der Waals surface area contributed by atoms with E-state index in [1.807, 2.05) is 0 Å². The molecule has 0 saturated carbocycles. The van der Waals surface area contributed by atoms with E-state index in [2.05, 4.69) is 12.0 Å². The maximum atomic E-state index is 14.0. The summed E-state index contributed by atoms with van der Waals surface area (Å²) in [7, 11) is 0. The van der Waals surface area contributed by atoms with Gasteiger partial charge in [0.15, 0.2) is 5.69 Å². The number of carboxylic acids is 1. The Bertz CT molecular complexity index is 694. The van der Waals surface area contributed by atoms with Gasteiger partial charge in [0.2, 0.25) is 0 Å². The molecule has 1 N–H and O–H groups in total. The highest BCUT2D eigenvalue weighted by atomic mass is 19.1. The molecule has 1 aromatic heterocycles. The zero-order valence-electron chi connectivity index (χ0n) is 11.8. The van der Waals surface area contributed by atoms with Crippen LogP contribution in [0.2, 0.25) is 0 Å². The summed E-state index contributed by atoms with van der Waals surface area (Å²) >= 11 is 0. The summed E-state index contributed by atoms with van der Waals surface area (Å²) in [5, 5.41) is 13.5. The van der Waals surface area contributed by atoms with Gasteiger partial charge in [-0.1, -0.05) is 25.5 Å². The number of fused-ring (bicyclic) bond motifs is 1. The zero-order valence-corrected chi connectivity index (χ0v) is 11.8. The number of nitrogens with zero attached hydrogens (tertiary/aromatic N) is 2. The molecule has 0 bridgehead atoms. The number of carboxylic acid groups (broad SMARTS) is 1. The Morgan fingerprint density at radius 3 is 2.90 bits per heavy atom. The molecule has 1 aliphatic rings. The van der Waals surface area contributed by atoms with Gasteiger partial charge in [0.25, 0.3) is 0 Å². The summed E-state index contributed by atoms with van der Waals surface area (Å²) in [6, 6.07) is 6.33. The quantitative estimate of drug-likeness (QED) is 0.943. The van der Waals surface area contributed by atoms with E-state index in [1.165, 1.54) is 10.7 Å². The molecule has 4 nitrogen and oxygen atoms in total. The number of halogens is 1. The van der Waals surface area contributed by atoms with Crippen LogP contribution < -0.4 is 0 Å². The molecule has 0 amide bonds. The van der Waals surface area contributed by atoms with E-state index in [4.69, 9.17) is 0 Å². The summed E-state index contributed by atoms with van der Waals surface area (Å²) in [6.07, 6.45) is 3.45. The molecule has 1 unspecified atom stereocenters. The Hall–Kier alpha value is -2.17. The lowest BCUT2D eigenvalue weighted by Gasteiger charge is -2.22. The van der Waals surface area contributed by atoms with E-state index in [1.54, 1.807) is 18.2 Å². The van der Waals surface area contributed by atoms with Crippen molar-refractivity contribution in [3.63, 3.8) is 0 Å². The van der Waals surface area contributed by atoms with Gasteiger partial charge in [-0.25, -0.2) is 13.9 Å². The molecule has 0 fully saturated rings. The Kier molecular flexibility index (Phi) is 3.49. The van der Waals surface area contributed by atoms with Crippen molar-refractivity contribution in [3.05, 3.63) is 47.0 Å². The molecule has 0 aliphatic heterocycles. The fourth-order valence-electron chi connectivity index (χ4n) is 3.03. The predicted molar refractivity (Wildman–Crippen MR) is 76.3 cm³/mol. The van der Waals surface area contributed by atoms with Gasteiger partial charge in [-0.2, -0.15) is 5.10 Å². The summed E-state index contributed by atoms with van der Waals surface area (Å²) in [5.41, 5.74) is 1.98. The van der Waals surface area contributed by atoms with Crippen LogP contribution in [-0.4, -0.2) is 20.9 Å². The van der Waals surface area contributed by atoms with Crippen molar-refractivity contribution in [2.24, 2.45) is 5.92 Å². The van der Waals surface area contributed by atoms with Crippen LogP contribution in [0.15, 0.2) is 24.3 Å². The van der Waals surface area contributed by atoms with Crippen molar-refractivity contribution in [2.45, 2.75) is 32.6 Å². The number of hydrogen-bond acceptors (Lipinski definition) is 2. The molecule has 21 heavy (non-hydrogen) atoms. The van der Waals surface area contributed by atoms with Gasteiger partial charge in [0.1, 0.15) is 11.5 Å². The molecule has 0 spiro atoms. The van der Waals surface area contributed by atoms with Crippen LogP contribution in [0.5, 0.6) is 0 Å². The van der Waals surface area contributed by atoms with Gasteiger partial charge < -0.3 is 5.11 Å². The molecule has 0 saturated heterocycles. The third kappa shape index (κ3) is 2.33. The molecule has 1 aliphatic carbocycles. The number of rotatable bonds is 3. The number of aromatic nitrogens is 2. The lowest BCUT2D eigenvalue weighted by Crippen LogP contribution is -2.16. The molecular weight excluding hydrogens is 271 g/mol. The molecule has 0 radical (unpaired) electrons. The standard InChI is InChI=1S/C16H17FN2O2/c1-2-10-7-8-13-11(9-10)15(16(20)21)18-19(13)14-6-4-3-5-12(14)17/h3-6,10H,2,7-9H2,1H3,(H,20,21). The lowest BCUT2D eigenvalue weighted by atomic mass is 9.85. The minimum atomic E-state index is -1.04. The van der Waals surface area contributed by atoms with Crippen molar-refractivity contribution in [2.75, 3.05) is 0 Å². The van der Waals surface area contributed by atoms with Crippen molar-refractivity contribution in [1.82, 2.24) is 9.78 Å². The normalized spacial score (nSPS) is 17.5. The Morgan fingerprint density at radius 2 is 2.24 bits per heavy atom. The smallest absolute Gasteiger partial charge is 0.356 e. The highest BCUT2D eigenvalue weighted by molar-refractivity contribution is 5.87. The number of para-hydroxylation sites is 1. The van der Waals surface area contributed by atoms with Gasteiger partial charge in [0, 0.05) is 11.3 Å². The van der Waals surface area contributed by atoms with Gasteiger partial charge >= 0.3 is 5.97 Å². The molecule has 2 aromatic rings. The van der Waals surface area contributed by atoms with Crippen LogP contribution >= 0.6 is 0 Å². The van der Waals surface area contributed by atoms with Crippen LogP contribution in [0.1, 0.15) is 41.5 Å². The fourth-order valence-corrected chi connectivity index (χ4v) is 3.03. The molecule has 1 atom stereocenters. The van der Waals surface area contributed by atoms with Gasteiger partial charge in [-0.05, 0) is 37.3 Å². The number of aromatic carboxylic acids is 1. The van der Waals surface area contributed by atoms with E-state index >= 15 is 0 Å². The van der Waals surface area contributed by atoms with Crippen LogP contribution in [-0.2, 0) is 12.8 Å². The van der Waals surface area contributed by atoms with Crippen LogP contribution in [0.25, 0.3) is 5.69 Å². The minimum absolute atomic E-state index is 0.0615. The van der Waals surface area contributed by atoms with Crippen LogP contribution in [0, 0.1) is 11.7 Å². The molecule has 1 aromatic carbocycles. The van der Waals surface area contributed by atoms with Crippen LogP contribution in [0.3, 0.4) is 0 Å². The van der Waals surface area contributed by atoms with E-state index in [0.717, 1.165) is 30.5 Å². The second-order valence-corrected chi connectivity index (χ2v) is 5.46. The summed E-state index contributed by atoms with van der Waals surface area (Å²) in [6.45, 7) is 2.11. The second kappa shape index (κ2) is 5.31. The monoisotopic (exact) mass is 288 g/mol. The van der Waals surface area contributed by atoms with E-state index in [9.17, 15) is 14.3 Å². The largest absolute Gasteiger partial charge is 0.476 e. The first-order valence-corrected chi connectivity index (χ1v) is 7.20. The third-order valence-electron chi connectivity index (χ3n) is 4.23. The fraction of sp³-hybridized carbons (Fsp3) is 0.375. The maximum Gasteiger partial charge on any atom is 0.356 e. The second-order valence-electron chi connectivity index (χ2n) is 5.46. The molecular formula is C16H17FN2O2. The first kappa shape index (κ1) is 13.8. The van der Waals surface area contributed by atoms with E-state index in [-0.39, 0.29) is 5.69 Å². The minimum Gasteiger partial charge on any atom is -0.476 e. The topological polar surface area (TPSA) is 55.1 Å². The molecule has 5 heteroatoms. The number of benzene rings is 1. The van der Waals surface area contributed by atoms with Crippen molar-refractivity contribution >= 4 is 5.97 Å². The molecule has 110 valence electrons. The maximum absolute atomic E-state index is 14.0. The van der Waals surface area contributed by atoms with Crippen LogP contribution in [0.4, 0.5) is 4.39 Å². The van der Waals surface area contributed by atoms with Gasteiger partial charge in [-0.15, -0.1) is 0 Å². The highest BCUT2D eigenvalue weighted by Gasteiger charge is 2.29. The van der Waals surface area contributed by atoms with Gasteiger partial charge in [-0.3, -0.25) is 0 Å². The zero-order chi connectivity index (χ0) is 15.0. The lowest BCUT2D eigenvalue weighted by molar-refractivity contribution is 0.0688. The van der Waals surface area contributed by atoms with Crippen molar-refractivity contribution in [1.29, 1.82) is 0 Å². The first-order chi connectivity index (χ1) is 10.1. The SMILES string of the molecule is CCC1CCc2c(c(C(=O)O)nn2-c2ccccc2F)C1. The van der Waals surface area contributed by atoms with Gasteiger partial charge in [0.05, 0.1) is 0 Å². The van der Waals surface area contributed by atoms with Crippen molar-refractivity contribution in [3.8, 4) is 5.69 Å². The Labute approximate surface area is 122 Å². The summed E-state index contributed by atoms with van der Waals surface area (Å²) < 4.78 is 15.5. The number of hydrogen-bond donors (Lipinski definition) is 1. The average Bonchev–Trinajstić information content (AvgIpc) is 2.86. The van der Waals surface area contributed by atoms with E-state index in [0.29, 0.717) is 18.0 Å². The average molecular weight is 288 g/mol. The molecule has 1 heterocycles. The first-order valence-electron chi connectivity index (χ1n) is 7.20. The summed E-state index contributed by atoms with van der Waals surface area (Å²) in [4.78, 5) is 11.4. The predicted octanol–water partition coefficient (Wildman–Crippen LogP) is 3.22. The Balaban J connectivity index is 2.16. The van der Waals surface area contributed by atoms with E-state index < -0.39 is 11.8 Å². The highest BCUT2D eigenvalue weighted by Crippen LogP contribution is 2.31. The number of carbonyl (C=O) groups is 1. The third-order valence-corrected chi connectivity index (χ3v) is 4.23. The molecule has 3 rings (SSSR count). The Morgan fingerprint density at radius 1 is 1.48 bits per heavy atom. The summed E-state index contributed by atoms with van der Waals surface area (Å²) in [5.74, 6) is -0.954.